The van der Waals surface area contributed by atoms with Gasteiger partial charge in [0.1, 0.15) is 11.6 Å². The number of piperidine rings is 1. The Bertz CT molecular complexity index is 3240. The van der Waals surface area contributed by atoms with Gasteiger partial charge in [0.2, 0.25) is 11.8 Å². The first kappa shape index (κ1) is 48.1. The van der Waals surface area contributed by atoms with Gasteiger partial charge in [-0.1, -0.05) is 59.9 Å². The van der Waals surface area contributed by atoms with Gasteiger partial charge in [-0.15, -0.1) is 0 Å². The van der Waals surface area contributed by atoms with Crippen molar-refractivity contribution < 1.29 is 29.0 Å². The van der Waals surface area contributed by atoms with Gasteiger partial charge in [-0.05, 0) is 142 Å². The molecule has 3 aliphatic heterocycles. The second kappa shape index (κ2) is 20.4. The number of rotatable bonds is 13. The smallest absolute Gasteiger partial charge is 0.355 e. The average Bonchev–Trinajstić information content (AvgIpc) is 3.97. The standard InChI is InChI=1S/C57H61N9O6S/c1-34-32-64(30-31-66(34)46-16-7-14-42-51(62-63(3)53(42)46)43-24-26-50(67)60-55(43)69)28-9-10-36-19-21-38(22-20-36)72-47-17-8-12-39(35(47)2)40-23-25-49(59-52(40)56(70)71)65-29-27-37-11-6-13-41(44(37)33-65)54(68)61-57-58-45-15-4-5-18-48(45)73-57/h4-8,11-18,23,25,34,36,38,43H,9-10,19-22,24,26-33H2,1-3H3,(H,70,71)(H,58,61,68)(H,60,67,69)/t34-,36?,38?,43?/m1/s1. The van der Waals surface area contributed by atoms with Crippen molar-refractivity contribution in [3.8, 4) is 16.9 Å². The Labute approximate surface area is 428 Å². The molecule has 3 N–H and O–H groups in total. The SMILES string of the molecule is Cc1c(OC2CCC(CCCN3CCN(c4cccc5c(C6CCC(=O)NC6=O)nn(C)c45)[C@H](C)C3)CC2)cccc1-c1ccc(N2CCc3cccc(C(=O)Nc4nc5ccccc5s4)c3C2)nc1C(=O)O. The van der Waals surface area contributed by atoms with Crippen LogP contribution in [-0.2, 0) is 29.6 Å². The van der Waals surface area contributed by atoms with Gasteiger partial charge in [-0.25, -0.2) is 14.8 Å². The molecule has 376 valence electrons. The minimum absolute atomic E-state index is 0.0216. The van der Waals surface area contributed by atoms with E-state index in [1.54, 1.807) is 0 Å². The zero-order chi connectivity index (χ0) is 50.3. The number of aromatic nitrogens is 4. The molecule has 0 bridgehead atoms. The van der Waals surface area contributed by atoms with E-state index >= 15 is 0 Å². The fraction of sp³-hybridized carbons (Fsp3) is 0.386. The summed E-state index contributed by atoms with van der Waals surface area (Å²) >= 11 is 1.44. The molecule has 4 aromatic carbocycles. The van der Waals surface area contributed by atoms with Crippen LogP contribution in [0.1, 0.15) is 107 Å². The van der Waals surface area contributed by atoms with Crippen LogP contribution in [0.2, 0.25) is 0 Å². The predicted octanol–water partition coefficient (Wildman–Crippen LogP) is 9.52. The molecule has 7 aromatic rings. The Morgan fingerprint density at radius 1 is 0.877 bits per heavy atom. The summed E-state index contributed by atoms with van der Waals surface area (Å²) in [6, 6.07) is 29.8. The zero-order valence-electron chi connectivity index (χ0n) is 41.6. The van der Waals surface area contributed by atoms with Crippen LogP contribution in [0.3, 0.4) is 0 Å². The van der Waals surface area contributed by atoms with E-state index in [0.29, 0.717) is 66.4 Å². The third-order valence-corrected chi connectivity index (χ3v) is 16.6. The lowest BCUT2D eigenvalue weighted by Crippen LogP contribution is -2.52. The van der Waals surface area contributed by atoms with E-state index in [1.807, 2.05) is 102 Å². The highest BCUT2D eigenvalue weighted by Crippen LogP contribution is 2.39. The molecule has 3 fully saturated rings. The maximum absolute atomic E-state index is 13.7. The number of carbonyl (C=O) groups is 4. The summed E-state index contributed by atoms with van der Waals surface area (Å²) in [4.78, 5) is 67.7. The van der Waals surface area contributed by atoms with Crippen LogP contribution in [0.4, 0.5) is 16.6 Å². The first-order valence-electron chi connectivity index (χ1n) is 25.8. The van der Waals surface area contributed by atoms with Gasteiger partial charge in [0.25, 0.3) is 5.91 Å². The highest BCUT2D eigenvalue weighted by atomic mass is 32.1. The lowest BCUT2D eigenvalue weighted by Gasteiger charge is -2.41. The minimum Gasteiger partial charge on any atom is -0.490 e. The number of imide groups is 1. The van der Waals surface area contributed by atoms with Crippen LogP contribution in [0.15, 0.2) is 91.0 Å². The fourth-order valence-electron chi connectivity index (χ4n) is 11.8. The molecule has 2 atom stereocenters. The summed E-state index contributed by atoms with van der Waals surface area (Å²) in [5.74, 6) is -0.257. The minimum atomic E-state index is -1.10. The van der Waals surface area contributed by atoms with Crippen LogP contribution in [0.5, 0.6) is 5.75 Å². The van der Waals surface area contributed by atoms with E-state index in [9.17, 15) is 24.3 Å². The number of hydrogen-bond acceptors (Lipinski definition) is 12. The average molecular weight is 1000 g/mol. The summed E-state index contributed by atoms with van der Waals surface area (Å²) in [6.07, 6.45) is 8.14. The summed E-state index contributed by atoms with van der Waals surface area (Å²) in [5, 5.41) is 22.4. The van der Waals surface area contributed by atoms with Gasteiger partial charge >= 0.3 is 5.97 Å². The van der Waals surface area contributed by atoms with Crippen molar-refractivity contribution >= 4 is 72.8 Å². The summed E-state index contributed by atoms with van der Waals surface area (Å²) < 4.78 is 9.61. The Kier molecular flexibility index (Phi) is 13.4. The molecule has 16 heteroatoms. The number of thiazole rings is 1. The Morgan fingerprint density at radius 3 is 2.51 bits per heavy atom. The van der Waals surface area contributed by atoms with Crippen molar-refractivity contribution in [1.82, 2.24) is 30.0 Å². The van der Waals surface area contributed by atoms with Gasteiger partial charge in [-0.3, -0.25) is 34.6 Å². The first-order chi connectivity index (χ1) is 35.4. The number of hydrogen-bond donors (Lipinski definition) is 3. The summed E-state index contributed by atoms with van der Waals surface area (Å²) in [6.45, 7) is 9.28. The van der Waals surface area contributed by atoms with Crippen molar-refractivity contribution in [3.63, 3.8) is 0 Å². The molecule has 6 heterocycles. The van der Waals surface area contributed by atoms with Crippen molar-refractivity contribution in [2.45, 2.75) is 96.2 Å². The van der Waals surface area contributed by atoms with E-state index in [2.05, 4.69) is 44.5 Å². The van der Waals surface area contributed by atoms with Crippen LogP contribution in [0, 0.1) is 12.8 Å². The molecule has 1 unspecified atom stereocenters. The molecule has 1 saturated carbocycles. The number of nitrogens with zero attached hydrogens (tertiary/aromatic N) is 7. The Balaban J connectivity index is 0.678. The molecule has 0 radical (unpaired) electrons. The quantitative estimate of drug-likeness (QED) is 0.0935. The fourth-order valence-corrected chi connectivity index (χ4v) is 12.7. The largest absolute Gasteiger partial charge is 0.490 e. The third-order valence-electron chi connectivity index (χ3n) is 15.6. The summed E-state index contributed by atoms with van der Waals surface area (Å²) in [5.41, 5.74) is 8.49. The van der Waals surface area contributed by atoms with Crippen molar-refractivity contribution in [1.29, 1.82) is 0 Å². The number of amides is 3. The lowest BCUT2D eigenvalue weighted by molar-refractivity contribution is -0.134. The number of carboxylic acid groups (broad SMARTS) is 1. The number of fused-ring (bicyclic) bond motifs is 3. The number of carbonyl (C=O) groups excluding carboxylic acids is 3. The highest BCUT2D eigenvalue weighted by Gasteiger charge is 2.34. The van der Waals surface area contributed by atoms with Crippen LogP contribution in [-0.4, -0.2) is 98.3 Å². The number of para-hydroxylation sites is 2. The van der Waals surface area contributed by atoms with Crippen molar-refractivity contribution in [2.75, 3.05) is 47.8 Å². The van der Waals surface area contributed by atoms with Gasteiger partial charge in [0.05, 0.1) is 39.1 Å². The number of pyridine rings is 1. The molecule has 4 aliphatic rings. The second-order valence-corrected chi connectivity index (χ2v) is 21.3. The molecule has 0 spiro atoms. The second-order valence-electron chi connectivity index (χ2n) is 20.3. The normalized spacial score (nSPS) is 20.5. The monoisotopic (exact) mass is 999 g/mol. The Hall–Kier alpha value is -7.17. The maximum atomic E-state index is 13.7. The molecular formula is C57H61N9O6S. The first-order valence-corrected chi connectivity index (χ1v) is 26.6. The number of aromatic carboxylic acids is 1. The summed E-state index contributed by atoms with van der Waals surface area (Å²) in [7, 11) is 1.95. The molecule has 2 saturated heterocycles. The number of ether oxygens (including phenoxy) is 1. The maximum Gasteiger partial charge on any atom is 0.355 e. The van der Waals surface area contributed by atoms with E-state index in [1.165, 1.54) is 17.8 Å². The van der Waals surface area contributed by atoms with E-state index < -0.39 is 11.9 Å². The highest BCUT2D eigenvalue weighted by molar-refractivity contribution is 7.22. The molecule has 11 rings (SSSR count). The van der Waals surface area contributed by atoms with E-state index in [-0.39, 0.29) is 29.5 Å². The number of carboxylic acids is 1. The van der Waals surface area contributed by atoms with Gasteiger partial charge < -0.3 is 19.6 Å². The molecule has 1 aliphatic carbocycles. The van der Waals surface area contributed by atoms with Gasteiger partial charge in [0.15, 0.2) is 10.8 Å². The lowest BCUT2D eigenvalue weighted by atomic mass is 9.84. The van der Waals surface area contributed by atoms with Crippen LogP contribution >= 0.6 is 11.3 Å². The number of benzene rings is 4. The number of piperazine rings is 1. The van der Waals surface area contributed by atoms with Gasteiger partial charge in [0, 0.05) is 68.7 Å². The number of anilines is 3. The Morgan fingerprint density at radius 2 is 1.70 bits per heavy atom. The van der Waals surface area contributed by atoms with E-state index in [0.717, 1.165) is 119 Å². The number of aryl methyl sites for hydroxylation is 1. The van der Waals surface area contributed by atoms with Crippen LogP contribution in [0.25, 0.3) is 32.2 Å². The third kappa shape index (κ3) is 9.77. The molecule has 3 aromatic heterocycles. The van der Waals surface area contributed by atoms with Crippen LogP contribution < -0.4 is 25.2 Å². The number of nitrogens with one attached hydrogen (secondary N) is 2. The molecule has 73 heavy (non-hydrogen) atoms. The topological polar surface area (TPSA) is 175 Å². The zero-order valence-corrected chi connectivity index (χ0v) is 42.4. The van der Waals surface area contributed by atoms with E-state index in [4.69, 9.17) is 14.8 Å². The molecular weight excluding hydrogens is 939 g/mol. The van der Waals surface area contributed by atoms with Gasteiger partial charge in [-0.2, -0.15) is 5.10 Å². The van der Waals surface area contributed by atoms with Crippen molar-refractivity contribution in [2.24, 2.45) is 13.0 Å². The van der Waals surface area contributed by atoms with Crippen molar-refractivity contribution in [3.05, 3.63) is 125 Å². The molecule has 15 nitrogen and oxygen atoms in total. The predicted molar refractivity (Wildman–Crippen MR) is 285 cm³/mol. The molecule has 3 amide bonds.